The van der Waals surface area contributed by atoms with E-state index in [1.807, 2.05) is 13.0 Å². The summed E-state index contributed by atoms with van der Waals surface area (Å²) >= 11 is 0. The standard InChI is InChI=1S/C24H26F2N6O3/c1-16-28-22(30-32(16)15-17-11-12-27-19(14-17)6-4-5-13-33-3)23-29-21(31-35-23)18-7-9-20(10-8-18)34-24(2,25)26/h7-12,14H,4-6,13,15H2,1-3H3. The highest BCUT2D eigenvalue weighted by Gasteiger charge is 2.23. The van der Waals surface area contributed by atoms with Crippen LogP contribution in [0.5, 0.6) is 5.75 Å². The number of unbranched alkanes of at least 4 members (excludes halogenated alkanes) is 1. The highest BCUT2D eigenvalue weighted by Crippen LogP contribution is 2.25. The Bertz CT molecular complexity index is 1250. The van der Waals surface area contributed by atoms with E-state index in [9.17, 15) is 8.78 Å². The summed E-state index contributed by atoms with van der Waals surface area (Å²) in [5, 5.41) is 8.48. The first kappa shape index (κ1) is 24.4. The van der Waals surface area contributed by atoms with Crippen molar-refractivity contribution in [2.24, 2.45) is 0 Å². The third kappa shape index (κ3) is 6.66. The van der Waals surface area contributed by atoms with E-state index in [0.717, 1.165) is 37.1 Å². The molecule has 9 nitrogen and oxygen atoms in total. The van der Waals surface area contributed by atoms with Gasteiger partial charge in [0.05, 0.1) is 6.54 Å². The highest BCUT2D eigenvalue weighted by molar-refractivity contribution is 5.57. The summed E-state index contributed by atoms with van der Waals surface area (Å²) in [5.41, 5.74) is 2.67. The maximum atomic E-state index is 13.0. The zero-order valence-electron chi connectivity index (χ0n) is 19.7. The number of hydrogen-bond acceptors (Lipinski definition) is 8. The molecule has 0 unspecified atom stereocenters. The number of alkyl halides is 2. The molecule has 4 rings (SSSR count). The number of rotatable bonds is 11. The molecular weight excluding hydrogens is 458 g/mol. The fraction of sp³-hybridized carbons (Fsp3) is 0.375. The number of aromatic nitrogens is 6. The van der Waals surface area contributed by atoms with Gasteiger partial charge in [-0.3, -0.25) is 4.98 Å². The van der Waals surface area contributed by atoms with Crippen LogP contribution in [0.3, 0.4) is 0 Å². The van der Waals surface area contributed by atoms with Crippen molar-refractivity contribution in [3.05, 3.63) is 59.7 Å². The number of hydrogen-bond donors (Lipinski definition) is 0. The normalized spacial score (nSPS) is 11.7. The molecule has 3 aromatic heterocycles. The van der Waals surface area contributed by atoms with Gasteiger partial charge in [0.15, 0.2) is 0 Å². The Labute approximate surface area is 201 Å². The smallest absolute Gasteiger partial charge is 0.394 e. The molecule has 0 fully saturated rings. The molecule has 3 heterocycles. The zero-order valence-corrected chi connectivity index (χ0v) is 19.7. The monoisotopic (exact) mass is 484 g/mol. The molecule has 0 N–H and O–H groups in total. The van der Waals surface area contributed by atoms with Crippen molar-refractivity contribution < 1.29 is 22.8 Å². The first-order chi connectivity index (χ1) is 16.8. The second-order valence-electron chi connectivity index (χ2n) is 8.10. The van der Waals surface area contributed by atoms with Crippen LogP contribution >= 0.6 is 0 Å². The Hall–Kier alpha value is -3.73. The van der Waals surface area contributed by atoms with Gasteiger partial charge in [-0.05, 0) is 68.1 Å². The van der Waals surface area contributed by atoms with Gasteiger partial charge >= 0.3 is 6.11 Å². The fourth-order valence-corrected chi connectivity index (χ4v) is 3.46. The minimum Gasteiger partial charge on any atom is -0.433 e. The average Bonchev–Trinajstić information content (AvgIpc) is 3.44. The zero-order chi connectivity index (χ0) is 24.8. The van der Waals surface area contributed by atoms with Gasteiger partial charge in [0, 0.05) is 38.1 Å². The van der Waals surface area contributed by atoms with Crippen LogP contribution in [0.25, 0.3) is 23.1 Å². The van der Waals surface area contributed by atoms with Gasteiger partial charge in [0.1, 0.15) is 11.6 Å². The number of ether oxygens (including phenoxy) is 2. The predicted molar refractivity (Wildman–Crippen MR) is 123 cm³/mol. The van der Waals surface area contributed by atoms with Crippen molar-refractivity contribution in [3.8, 4) is 28.9 Å². The Kier molecular flexibility index (Phi) is 7.45. The first-order valence-electron chi connectivity index (χ1n) is 11.2. The topological polar surface area (TPSA) is 101 Å². The van der Waals surface area contributed by atoms with Crippen molar-refractivity contribution in [1.29, 1.82) is 0 Å². The molecule has 0 bridgehead atoms. The summed E-state index contributed by atoms with van der Waals surface area (Å²) in [4.78, 5) is 13.3. The molecule has 4 aromatic rings. The molecule has 0 radical (unpaired) electrons. The molecule has 11 heteroatoms. The lowest BCUT2D eigenvalue weighted by atomic mass is 10.1. The number of methoxy groups -OCH3 is 1. The molecule has 184 valence electrons. The van der Waals surface area contributed by atoms with Crippen LogP contribution in [0, 0.1) is 6.92 Å². The summed E-state index contributed by atoms with van der Waals surface area (Å²) in [7, 11) is 1.70. The van der Waals surface area contributed by atoms with Crippen molar-refractivity contribution in [2.75, 3.05) is 13.7 Å². The molecule has 0 spiro atoms. The van der Waals surface area contributed by atoms with Crippen molar-refractivity contribution >= 4 is 0 Å². The van der Waals surface area contributed by atoms with Gasteiger partial charge in [-0.2, -0.15) is 13.8 Å². The molecule has 1 aromatic carbocycles. The van der Waals surface area contributed by atoms with E-state index in [1.54, 1.807) is 30.1 Å². The van der Waals surface area contributed by atoms with Crippen LogP contribution in [0.2, 0.25) is 0 Å². The molecule has 0 saturated heterocycles. The SMILES string of the molecule is COCCCCc1cc(Cn2nc(-c3nc(-c4ccc(OC(C)(F)F)cc4)no3)nc2C)ccn1. The van der Waals surface area contributed by atoms with Crippen LogP contribution in [0.1, 0.15) is 36.8 Å². The summed E-state index contributed by atoms with van der Waals surface area (Å²) in [6.07, 6.45) is 1.43. The van der Waals surface area contributed by atoms with E-state index in [-0.39, 0.29) is 17.5 Å². The van der Waals surface area contributed by atoms with Gasteiger partial charge in [-0.25, -0.2) is 9.67 Å². The maximum absolute atomic E-state index is 13.0. The van der Waals surface area contributed by atoms with Crippen LogP contribution < -0.4 is 4.74 Å². The minimum absolute atomic E-state index is 0.0373. The lowest BCUT2D eigenvalue weighted by Crippen LogP contribution is -2.18. The van der Waals surface area contributed by atoms with Crippen molar-refractivity contribution in [3.63, 3.8) is 0 Å². The highest BCUT2D eigenvalue weighted by atomic mass is 19.3. The molecular formula is C24H26F2N6O3. The third-order valence-corrected chi connectivity index (χ3v) is 5.13. The second kappa shape index (κ2) is 10.7. The number of nitrogens with zero attached hydrogens (tertiary/aromatic N) is 6. The van der Waals surface area contributed by atoms with E-state index < -0.39 is 6.11 Å². The Morgan fingerprint density at radius 3 is 2.60 bits per heavy atom. The van der Waals surface area contributed by atoms with Gasteiger partial charge < -0.3 is 14.0 Å². The number of benzene rings is 1. The Morgan fingerprint density at radius 2 is 1.86 bits per heavy atom. The van der Waals surface area contributed by atoms with Crippen molar-refractivity contribution in [1.82, 2.24) is 29.9 Å². The lowest BCUT2D eigenvalue weighted by molar-refractivity contribution is -0.158. The van der Waals surface area contributed by atoms with E-state index in [2.05, 4.69) is 36.0 Å². The van der Waals surface area contributed by atoms with Gasteiger partial charge in [-0.1, -0.05) is 5.16 Å². The summed E-state index contributed by atoms with van der Waals surface area (Å²) < 4.78 is 42.8. The van der Waals surface area contributed by atoms with Gasteiger partial charge in [0.2, 0.25) is 11.6 Å². The molecule has 0 aliphatic heterocycles. The molecule has 0 aliphatic rings. The molecule has 35 heavy (non-hydrogen) atoms. The first-order valence-corrected chi connectivity index (χ1v) is 11.2. The molecule has 0 saturated carbocycles. The van der Waals surface area contributed by atoms with E-state index >= 15 is 0 Å². The van der Waals surface area contributed by atoms with Crippen LogP contribution in [-0.4, -0.2) is 49.7 Å². The van der Waals surface area contributed by atoms with Crippen molar-refractivity contribution in [2.45, 2.75) is 45.8 Å². The third-order valence-electron chi connectivity index (χ3n) is 5.13. The Balaban J connectivity index is 1.44. The molecule has 0 amide bonds. The fourth-order valence-electron chi connectivity index (χ4n) is 3.46. The number of aryl methyl sites for hydroxylation is 2. The van der Waals surface area contributed by atoms with E-state index in [1.165, 1.54) is 12.1 Å². The lowest BCUT2D eigenvalue weighted by Gasteiger charge is -2.12. The Morgan fingerprint density at radius 1 is 1.06 bits per heavy atom. The predicted octanol–water partition coefficient (Wildman–Crippen LogP) is 4.71. The minimum atomic E-state index is -3.26. The molecule has 0 atom stereocenters. The second-order valence-corrected chi connectivity index (χ2v) is 8.10. The van der Waals surface area contributed by atoms with Crippen LogP contribution in [0.15, 0.2) is 47.1 Å². The summed E-state index contributed by atoms with van der Waals surface area (Å²) in [6, 6.07) is 10.00. The summed E-state index contributed by atoms with van der Waals surface area (Å²) in [5.74, 6) is 1.49. The summed E-state index contributed by atoms with van der Waals surface area (Å²) in [6.45, 7) is 3.80. The number of halogens is 2. The van der Waals surface area contributed by atoms with Gasteiger partial charge in [-0.15, -0.1) is 5.10 Å². The van der Waals surface area contributed by atoms with Gasteiger partial charge in [0.25, 0.3) is 5.89 Å². The number of pyridine rings is 1. The molecule has 0 aliphatic carbocycles. The van der Waals surface area contributed by atoms with E-state index in [0.29, 0.717) is 30.7 Å². The van der Waals surface area contributed by atoms with Crippen LogP contribution in [-0.2, 0) is 17.7 Å². The van der Waals surface area contributed by atoms with E-state index in [4.69, 9.17) is 9.26 Å². The average molecular weight is 485 g/mol. The maximum Gasteiger partial charge on any atom is 0.394 e. The quantitative estimate of drug-likeness (QED) is 0.282. The largest absolute Gasteiger partial charge is 0.433 e. The van der Waals surface area contributed by atoms with Crippen LogP contribution in [0.4, 0.5) is 8.78 Å².